The first-order valence-corrected chi connectivity index (χ1v) is 5.40. The van der Waals surface area contributed by atoms with Crippen LogP contribution in [0.25, 0.3) is 0 Å². The highest BCUT2D eigenvalue weighted by Crippen LogP contribution is 2.57. The Kier molecular flexibility index (Phi) is 2.28. The third kappa shape index (κ3) is 1.53. The van der Waals surface area contributed by atoms with E-state index in [2.05, 4.69) is 30.2 Å². The van der Waals surface area contributed by atoms with E-state index >= 15 is 0 Å². The number of hydrogen-bond donors (Lipinski definition) is 2. The monoisotopic (exact) mass is 192 g/mol. The lowest BCUT2D eigenvalue weighted by Gasteiger charge is -2.64. The van der Waals surface area contributed by atoms with E-state index in [1.807, 2.05) is 19.2 Å². The minimum absolute atomic E-state index is 0.0838. The zero-order valence-corrected chi connectivity index (χ0v) is 9.14. The fourth-order valence-electron chi connectivity index (χ4n) is 2.63. The van der Waals surface area contributed by atoms with Crippen molar-refractivity contribution in [2.24, 2.45) is 5.92 Å². The van der Waals surface area contributed by atoms with Gasteiger partial charge in [-0.15, -0.1) is 0 Å². The summed E-state index contributed by atoms with van der Waals surface area (Å²) in [7, 11) is 1.99. The Morgan fingerprint density at radius 2 is 2.07 bits per heavy atom. The zero-order chi connectivity index (χ0) is 10.2. The Morgan fingerprint density at radius 3 is 2.43 bits per heavy atom. The minimum Gasteiger partial charge on any atom is -0.299 e. The highest BCUT2D eigenvalue weighted by atomic mass is 15.2. The van der Waals surface area contributed by atoms with Gasteiger partial charge in [0.05, 0.1) is 5.66 Å². The second-order valence-corrected chi connectivity index (χ2v) is 4.93. The van der Waals surface area contributed by atoms with E-state index in [9.17, 15) is 0 Å². The predicted molar refractivity (Wildman–Crippen MR) is 60.0 cm³/mol. The Labute approximate surface area is 86.5 Å². The fourth-order valence-corrected chi connectivity index (χ4v) is 2.63. The first kappa shape index (κ1) is 9.94. The van der Waals surface area contributed by atoms with E-state index in [0.717, 1.165) is 5.92 Å². The molecule has 2 heteroatoms. The number of allylic oxidation sites excluding steroid dienone is 2. The number of likely N-dealkylation sites (N-methyl/N-ethyl adjacent to an activating group) is 1. The summed E-state index contributed by atoms with van der Waals surface area (Å²) >= 11 is 0. The topological polar surface area (TPSA) is 24.1 Å². The first-order chi connectivity index (χ1) is 6.61. The summed E-state index contributed by atoms with van der Waals surface area (Å²) in [6.07, 6.45) is 10.1. The van der Waals surface area contributed by atoms with Crippen LogP contribution in [0.5, 0.6) is 0 Å². The molecule has 0 aromatic heterocycles. The quantitative estimate of drug-likeness (QED) is 0.513. The van der Waals surface area contributed by atoms with Crippen molar-refractivity contribution in [3.05, 3.63) is 24.8 Å². The Morgan fingerprint density at radius 1 is 1.43 bits per heavy atom. The van der Waals surface area contributed by atoms with Crippen molar-refractivity contribution in [1.82, 2.24) is 10.6 Å². The maximum Gasteiger partial charge on any atom is 0.0854 e. The van der Waals surface area contributed by atoms with Crippen LogP contribution in [0.1, 0.15) is 26.2 Å². The molecule has 2 nitrogen and oxygen atoms in total. The average molecular weight is 192 g/mol. The van der Waals surface area contributed by atoms with E-state index in [1.165, 1.54) is 19.3 Å². The fraction of sp³-hybridized carbons (Fsp3) is 0.667. The van der Waals surface area contributed by atoms with Gasteiger partial charge >= 0.3 is 0 Å². The Balaban J connectivity index is 1.96. The molecule has 0 aromatic rings. The lowest BCUT2D eigenvalue weighted by atomic mass is 9.49. The molecular weight excluding hydrogens is 172 g/mol. The molecule has 3 aliphatic carbocycles. The third-order valence-corrected chi connectivity index (χ3v) is 3.65. The first-order valence-electron chi connectivity index (χ1n) is 5.40. The molecule has 3 saturated carbocycles. The molecule has 2 bridgehead atoms. The normalized spacial score (nSPS) is 38.6. The molecule has 0 saturated heterocycles. The molecule has 0 aliphatic heterocycles. The number of hydrogen-bond acceptors (Lipinski definition) is 2. The molecule has 3 rings (SSSR count). The van der Waals surface area contributed by atoms with Crippen LogP contribution in [0, 0.1) is 5.92 Å². The van der Waals surface area contributed by atoms with Crippen LogP contribution < -0.4 is 10.6 Å². The van der Waals surface area contributed by atoms with Crippen molar-refractivity contribution in [3.63, 3.8) is 0 Å². The molecule has 0 heterocycles. The van der Waals surface area contributed by atoms with Crippen molar-refractivity contribution in [2.75, 3.05) is 7.05 Å². The van der Waals surface area contributed by atoms with E-state index in [0.29, 0.717) is 5.54 Å². The van der Waals surface area contributed by atoms with Crippen molar-refractivity contribution in [2.45, 2.75) is 37.4 Å². The van der Waals surface area contributed by atoms with Crippen LogP contribution >= 0.6 is 0 Å². The second-order valence-electron chi connectivity index (χ2n) is 4.93. The number of nitrogens with one attached hydrogen (secondary N) is 2. The summed E-state index contributed by atoms with van der Waals surface area (Å²) in [6.45, 7) is 5.87. The average Bonchev–Trinajstić information content (AvgIpc) is 2.06. The lowest BCUT2D eigenvalue weighted by Crippen LogP contribution is -2.73. The van der Waals surface area contributed by atoms with Gasteiger partial charge in [-0.25, -0.2) is 0 Å². The minimum atomic E-state index is -0.0838. The van der Waals surface area contributed by atoms with Crippen LogP contribution in [0.15, 0.2) is 24.8 Å². The van der Waals surface area contributed by atoms with Gasteiger partial charge in [-0.1, -0.05) is 24.8 Å². The predicted octanol–water partition coefficient (Wildman–Crippen LogP) is 1.81. The van der Waals surface area contributed by atoms with Gasteiger partial charge in [-0.05, 0) is 39.2 Å². The highest BCUT2D eigenvalue weighted by molar-refractivity contribution is 5.19. The standard InChI is InChI=1S/C12H20N2/c1-4-5-6-11(2,13-3)14-12-7-10(8-12)9-12/h4-6,10,13-14H,1,7-9H2,2-3H3/b6-5-. The molecule has 1 unspecified atom stereocenters. The van der Waals surface area contributed by atoms with E-state index < -0.39 is 0 Å². The SMILES string of the molecule is C=C/C=C\C(C)(NC)NC12CC(C1)C2. The van der Waals surface area contributed by atoms with Crippen LogP contribution in [0.2, 0.25) is 0 Å². The molecule has 3 aliphatic rings. The summed E-state index contributed by atoms with van der Waals surface area (Å²) < 4.78 is 0. The van der Waals surface area contributed by atoms with Gasteiger partial charge in [-0.2, -0.15) is 0 Å². The summed E-state index contributed by atoms with van der Waals surface area (Å²) in [5.41, 5.74) is 0.369. The molecule has 2 N–H and O–H groups in total. The van der Waals surface area contributed by atoms with E-state index in [1.54, 1.807) is 0 Å². The summed E-state index contributed by atoms with van der Waals surface area (Å²) in [4.78, 5) is 0. The van der Waals surface area contributed by atoms with Crippen LogP contribution in [0.4, 0.5) is 0 Å². The van der Waals surface area contributed by atoms with Gasteiger partial charge in [0.15, 0.2) is 0 Å². The Bertz CT molecular complexity index is 252. The van der Waals surface area contributed by atoms with Crippen molar-refractivity contribution in [1.29, 1.82) is 0 Å². The summed E-state index contributed by atoms with van der Waals surface area (Å²) in [6, 6.07) is 0. The van der Waals surface area contributed by atoms with Crippen molar-refractivity contribution < 1.29 is 0 Å². The maximum atomic E-state index is 3.71. The second kappa shape index (κ2) is 3.21. The molecule has 0 amide bonds. The lowest BCUT2D eigenvalue weighted by molar-refractivity contribution is -0.0685. The molecule has 0 aromatic carbocycles. The molecular formula is C12H20N2. The Hall–Kier alpha value is -0.600. The molecule has 14 heavy (non-hydrogen) atoms. The van der Waals surface area contributed by atoms with Gasteiger partial charge in [0.1, 0.15) is 0 Å². The van der Waals surface area contributed by atoms with Gasteiger partial charge < -0.3 is 0 Å². The van der Waals surface area contributed by atoms with Gasteiger partial charge in [0.25, 0.3) is 0 Å². The molecule has 0 radical (unpaired) electrons. The number of rotatable bonds is 5. The summed E-state index contributed by atoms with van der Waals surface area (Å²) in [5, 5.41) is 7.03. The molecule has 0 spiro atoms. The van der Waals surface area contributed by atoms with Gasteiger partial charge in [0, 0.05) is 5.54 Å². The van der Waals surface area contributed by atoms with Crippen LogP contribution in [-0.2, 0) is 0 Å². The van der Waals surface area contributed by atoms with Gasteiger partial charge in [0.2, 0.25) is 0 Å². The molecule has 78 valence electrons. The van der Waals surface area contributed by atoms with E-state index in [-0.39, 0.29) is 5.66 Å². The van der Waals surface area contributed by atoms with Crippen LogP contribution in [-0.4, -0.2) is 18.2 Å². The van der Waals surface area contributed by atoms with Crippen LogP contribution in [0.3, 0.4) is 0 Å². The highest BCUT2D eigenvalue weighted by Gasteiger charge is 2.57. The molecule has 1 atom stereocenters. The zero-order valence-electron chi connectivity index (χ0n) is 9.14. The molecule has 3 fully saturated rings. The van der Waals surface area contributed by atoms with E-state index in [4.69, 9.17) is 0 Å². The summed E-state index contributed by atoms with van der Waals surface area (Å²) in [5.74, 6) is 1.02. The maximum absolute atomic E-state index is 3.71. The van der Waals surface area contributed by atoms with Crippen molar-refractivity contribution >= 4 is 0 Å². The largest absolute Gasteiger partial charge is 0.299 e. The smallest absolute Gasteiger partial charge is 0.0854 e. The van der Waals surface area contributed by atoms with Crippen molar-refractivity contribution in [3.8, 4) is 0 Å². The third-order valence-electron chi connectivity index (χ3n) is 3.65. The van der Waals surface area contributed by atoms with Gasteiger partial charge in [-0.3, -0.25) is 10.6 Å².